The van der Waals surface area contributed by atoms with Gasteiger partial charge in [-0.1, -0.05) is 82.1 Å². The zero-order chi connectivity index (χ0) is 19.6. The van der Waals surface area contributed by atoms with Gasteiger partial charge in [0, 0.05) is 0 Å². The molecule has 1 aromatic rings. The minimum Gasteiger partial charge on any atom is -0.497 e. The van der Waals surface area contributed by atoms with E-state index in [2.05, 4.69) is 37.3 Å². The number of methoxy groups -OCH3 is 1. The van der Waals surface area contributed by atoms with Gasteiger partial charge in [0.2, 0.25) is 0 Å². The molecule has 1 fully saturated rings. The second-order valence-electron chi connectivity index (χ2n) is 9.46. The molecular weight excluding hydrogens is 340 g/mol. The number of benzene rings is 1. The van der Waals surface area contributed by atoms with E-state index in [1.165, 1.54) is 95.5 Å². The smallest absolute Gasteiger partial charge is 0.118 e. The van der Waals surface area contributed by atoms with E-state index in [0.717, 1.165) is 23.5 Å². The van der Waals surface area contributed by atoms with E-state index in [-0.39, 0.29) is 0 Å². The van der Waals surface area contributed by atoms with E-state index >= 15 is 0 Å². The van der Waals surface area contributed by atoms with Gasteiger partial charge in [0.05, 0.1) is 7.11 Å². The van der Waals surface area contributed by atoms with Gasteiger partial charge >= 0.3 is 0 Å². The molecule has 28 heavy (non-hydrogen) atoms. The molecule has 156 valence electrons. The Balaban J connectivity index is 1.30. The first-order valence-electron chi connectivity index (χ1n) is 12.1. The fourth-order valence-corrected chi connectivity index (χ4v) is 5.30. The van der Waals surface area contributed by atoms with E-state index in [1.54, 1.807) is 12.7 Å². The second-order valence-corrected chi connectivity index (χ2v) is 9.46. The van der Waals surface area contributed by atoms with Crippen molar-refractivity contribution in [2.45, 2.75) is 96.8 Å². The molecule has 1 unspecified atom stereocenters. The Kier molecular flexibility index (Phi) is 8.96. The van der Waals surface area contributed by atoms with Gasteiger partial charge in [-0.25, -0.2) is 0 Å². The normalized spacial score (nSPS) is 25.4. The van der Waals surface area contributed by atoms with E-state index < -0.39 is 0 Å². The van der Waals surface area contributed by atoms with E-state index in [4.69, 9.17) is 4.74 Å². The third kappa shape index (κ3) is 6.98. The predicted octanol–water partition coefficient (Wildman–Crippen LogP) is 8.13. The number of ether oxygens (including phenoxy) is 1. The third-order valence-corrected chi connectivity index (χ3v) is 7.42. The molecule has 1 saturated carbocycles. The summed E-state index contributed by atoms with van der Waals surface area (Å²) in [6, 6.07) is 8.58. The van der Waals surface area contributed by atoms with Crippen LogP contribution in [0.25, 0.3) is 0 Å². The third-order valence-electron chi connectivity index (χ3n) is 7.42. The summed E-state index contributed by atoms with van der Waals surface area (Å²) in [5.74, 6) is 4.01. The van der Waals surface area contributed by atoms with Gasteiger partial charge in [-0.3, -0.25) is 0 Å². The molecule has 3 rings (SSSR count). The summed E-state index contributed by atoms with van der Waals surface area (Å²) in [5.41, 5.74) is 3.13. The molecule has 2 aliphatic carbocycles. The van der Waals surface area contributed by atoms with Crippen LogP contribution >= 0.6 is 0 Å². The summed E-state index contributed by atoms with van der Waals surface area (Å²) in [5, 5.41) is 0. The molecule has 2 aliphatic rings. The lowest BCUT2D eigenvalue weighted by Gasteiger charge is -2.30. The van der Waals surface area contributed by atoms with Crippen LogP contribution in [0.5, 0.6) is 5.75 Å². The molecule has 0 spiro atoms. The van der Waals surface area contributed by atoms with E-state index in [9.17, 15) is 0 Å². The lowest BCUT2D eigenvalue weighted by atomic mass is 9.76. The first kappa shape index (κ1) is 21.5. The maximum atomic E-state index is 5.25. The quantitative estimate of drug-likeness (QED) is 0.371. The summed E-state index contributed by atoms with van der Waals surface area (Å²) in [6.45, 7) is 2.33. The van der Waals surface area contributed by atoms with Crippen molar-refractivity contribution in [2.75, 3.05) is 7.11 Å². The number of aryl methyl sites for hydroxylation is 1. The molecule has 0 amide bonds. The predicted molar refractivity (Wildman–Crippen MR) is 121 cm³/mol. The van der Waals surface area contributed by atoms with Crippen LogP contribution < -0.4 is 4.74 Å². The van der Waals surface area contributed by atoms with Crippen LogP contribution in [-0.2, 0) is 6.42 Å². The summed E-state index contributed by atoms with van der Waals surface area (Å²) < 4.78 is 5.25. The number of unbranched alkanes of at least 4 members (excludes halogenated alkanes) is 1. The highest BCUT2D eigenvalue weighted by molar-refractivity contribution is 5.27. The Labute approximate surface area is 174 Å². The van der Waals surface area contributed by atoms with E-state index in [1.807, 2.05) is 0 Å². The molecule has 0 aromatic heterocycles. The molecule has 0 aliphatic heterocycles. The fraction of sp³-hybridized carbons (Fsp3) is 0.704. The average molecular weight is 383 g/mol. The summed E-state index contributed by atoms with van der Waals surface area (Å²) in [7, 11) is 1.73. The van der Waals surface area contributed by atoms with Crippen molar-refractivity contribution >= 4 is 0 Å². The topological polar surface area (TPSA) is 9.23 Å². The van der Waals surface area contributed by atoms with Crippen LogP contribution in [0.1, 0.15) is 96.0 Å². The van der Waals surface area contributed by atoms with Crippen LogP contribution in [0.4, 0.5) is 0 Å². The molecule has 0 radical (unpaired) electrons. The number of allylic oxidation sites excluding steroid dienone is 2. The minimum atomic E-state index is 0.956. The van der Waals surface area contributed by atoms with Crippen LogP contribution in [0, 0.1) is 17.8 Å². The molecule has 0 heterocycles. The minimum absolute atomic E-state index is 0.956. The highest BCUT2D eigenvalue weighted by atomic mass is 16.5. The summed E-state index contributed by atoms with van der Waals surface area (Å²) in [6.07, 6.45) is 22.5. The van der Waals surface area contributed by atoms with Crippen molar-refractivity contribution in [3.8, 4) is 5.75 Å². The van der Waals surface area contributed by atoms with Crippen molar-refractivity contribution in [1.29, 1.82) is 0 Å². The molecule has 1 aromatic carbocycles. The van der Waals surface area contributed by atoms with Gasteiger partial charge in [0.15, 0.2) is 0 Å². The van der Waals surface area contributed by atoms with Gasteiger partial charge in [0.25, 0.3) is 0 Å². The molecule has 0 bridgehead atoms. The largest absolute Gasteiger partial charge is 0.497 e. The SMILES string of the molecule is CCCC[C@H]1CC[C@H](CCC2CC=C(CCc3ccc(OC)cc3)CC2)CC1. The van der Waals surface area contributed by atoms with Crippen LogP contribution in [0.2, 0.25) is 0 Å². The standard InChI is InChI=1S/C27H42O/c1-3-4-5-22-6-8-23(9-7-22)10-11-24-12-14-25(15-13-24)16-17-26-18-20-27(28-2)21-19-26/h14,18-24H,3-13,15-17H2,1-2H3/t22-,23-,24?. The molecule has 0 N–H and O–H groups in total. The van der Waals surface area contributed by atoms with Crippen molar-refractivity contribution < 1.29 is 4.74 Å². The maximum Gasteiger partial charge on any atom is 0.118 e. The Morgan fingerprint density at radius 1 is 0.821 bits per heavy atom. The zero-order valence-electron chi connectivity index (χ0n) is 18.4. The van der Waals surface area contributed by atoms with Crippen molar-refractivity contribution in [1.82, 2.24) is 0 Å². The van der Waals surface area contributed by atoms with Gasteiger partial charge in [-0.2, -0.15) is 0 Å². The monoisotopic (exact) mass is 382 g/mol. The molecule has 0 saturated heterocycles. The molecule has 1 heteroatoms. The van der Waals surface area contributed by atoms with Crippen LogP contribution in [0.15, 0.2) is 35.9 Å². The maximum absolute atomic E-state index is 5.25. The van der Waals surface area contributed by atoms with Gasteiger partial charge in [0.1, 0.15) is 5.75 Å². The highest BCUT2D eigenvalue weighted by Gasteiger charge is 2.22. The van der Waals surface area contributed by atoms with Crippen LogP contribution in [0.3, 0.4) is 0 Å². The summed E-state index contributed by atoms with van der Waals surface area (Å²) >= 11 is 0. The second kappa shape index (κ2) is 11.7. The number of hydrogen-bond acceptors (Lipinski definition) is 1. The molecule has 1 nitrogen and oxygen atoms in total. The Morgan fingerprint density at radius 3 is 2.11 bits per heavy atom. The zero-order valence-corrected chi connectivity index (χ0v) is 18.4. The number of rotatable bonds is 10. The first-order chi connectivity index (χ1) is 13.8. The van der Waals surface area contributed by atoms with Crippen LogP contribution in [-0.4, -0.2) is 7.11 Å². The van der Waals surface area contributed by atoms with Gasteiger partial charge in [-0.05, 0) is 74.0 Å². The highest BCUT2D eigenvalue weighted by Crippen LogP contribution is 2.37. The number of hydrogen-bond donors (Lipinski definition) is 0. The Morgan fingerprint density at radius 2 is 1.50 bits per heavy atom. The van der Waals surface area contributed by atoms with Crippen molar-refractivity contribution in [3.63, 3.8) is 0 Å². The fourth-order valence-electron chi connectivity index (χ4n) is 5.30. The average Bonchev–Trinajstić information content (AvgIpc) is 2.76. The van der Waals surface area contributed by atoms with Crippen molar-refractivity contribution in [3.05, 3.63) is 41.5 Å². The first-order valence-corrected chi connectivity index (χ1v) is 12.1. The summed E-state index contributed by atoms with van der Waals surface area (Å²) in [4.78, 5) is 0. The van der Waals surface area contributed by atoms with Gasteiger partial charge < -0.3 is 4.74 Å². The van der Waals surface area contributed by atoms with E-state index in [0.29, 0.717) is 0 Å². The Hall–Kier alpha value is -1.24. The van der Waals surface area contributed by atoms with Crippen molar-refractivity contribution in [2.24, 2.45) is 17.8 Å². The lowest BCUT2D eigenvalue weighted by Crippen LogP contribution is -2.16. The molecule has 1 atom stereocenters. The Bertz CT molecular complexity index is 577. The van der Waals surface area contributed by atoms with Gasteiger partial charge in [-0.15, -0.1) is 0 Å². The molecular formula is C27H42O. The lowest BCUT2D eigenvalue weighted by molar-refractivity contribution is 0.235.